The van der Waals surface area contributed by atoms with Crippen LogP contribution < -0.4 is 10.6 Å². The van der Waals surface area contributed by atoms with Crippen LogP contribution in [0.4, 0.5) is 11.4 Å². The van der Waals surface area contributed by atoms with Gasteiger partial charge in [-0.05, 0) is 23.8 Å². The monoisotopic (exact) mass is 272 g/mol. The molecule has 19 heavy (non-hydrogen) atoms. The fraction of sp³-hybridized carbons (Fsp3) is 0.133. The van der Waals surface area contributed by atoms with E-state index < -0.39 is 0 Å². The lowest BCUT2D eigenvalue weighted by molar-refractivity contribution is -0.116. The van der Waals surface area contributed by atoms with Crippen molar-refractivity contribution in [2.45, 2.75) is 12.5 Å². The maximum absolute atomic E-state index is 11.9. The second-order valence-electron chi connectivity index (χ2n) is 4.55. The fourth-order valence-electron chi connectivity index (χ4n) is 2.26. The molecule has 0 bridgehead atoms. The molecule has 1 aliphatic heterocycles. The van der Waals surface area contributed by atoms with Crippen molar-refractivity contribution < 1.29 is 4.79 Å². The summed E-state index contributed by atoms with van der Waals surface area (Å²) in [5.41, 5.74) is 2.71. The number of hydrogen-bond acceptors (Lipinski definition) is 2. The van der Waals surface area contributed by atoms with Crippen LogP contribution in [0.5, 0.6) is 0 Å². The first-order valence-electron chi connectivity index (χ1n) is 6.13. The number of fused-ring (bicyclic) bond motifs is 1. The van der Waals surface area contributed by atoms with Gasteiger partial charge in [0.05, 0.1) is 23.8 Å². The maximum Gasteiger partial charge on any atom is 0.226 e. The lowest BCUT2D eigenvalue weighted by Crippen LogP contribution is -2.15. The SMILES string of the molecule is O=C1C[C@H](c2ccccc2)Nc2cc(Cl)ccc2N1. The average Bonchev–Trinajstić information content (AvgIpc) is 2.58. The van der Waals surface area contributed by atoms with Gasteiger partial charge in [0.15, 0.2) is 0 Å². The summed E-state index contributed by atoms with van der Waals surface area (Å²) in [5.74, 6) is 0.00225. The lowest BCUT2D eigenvalue weighted by atomic mass is 10.0. The second-order valence-corrected chi connectivity index (χ2v) is 4.99. The Balaban J connectivity index is 1.99. The Labute approximate surface area is 116 Å². The van der Waals surface area contributed by atoms with E-state index in [9.17, 15) is 4.79 Å². The van der Waals surface area contributed by atoms with Crippen LogP contribution >= 0.6 is 11.6 Å². The third kappa shape index (κ3) is 2.56. The van der Waals surface area contributed by atoms with Crippen molar-refractivity contribution in [2.24, 2.45) is 0 Å². The normalized spacial score (nSPS) is 17.9. The van der Waals surface area contributed by atoms with Crippen molar-refractivity contribution in [2.75, 3.05) is 10.6 Å². The topological polar surface area (TPSA) is 41.1 Å². The summed E-state index contributed by atoms with van der Waals surface area (Å²) in [5, 5.41) is 6.92. The molecule has 2 aromatic rings. The van der Waals surface area contributed by atoms with Gasteiger partial charge in [-0.15, -0.1) is 0 Å². The quantitative estimate of drug-likeness (QED) is 0.828. The second kappa shape index (κ2) is 4.94. The highest BCUT2D eigenvalue weighted by molar-refractivity contribution is 6.31. The molecule has 0 unspecified atom stereocenters. The first-order valence-corrected chi connectivity index (χ1v) is 6.51. The van der Waals surface area contributed by atoms with E-state index in [1.807, 2.05) is 42.5 Å². The number of hydrogen-bond donors (Lipinski definition) is 2. The van der Waals surface area contributed by atoms with Gasteiger partial charge in [0.25, 0.3) is 0 Å². The molecule has 3 rings (SSSR count). The van der Waals surface area contributed by atoms with Crippen LogP contribution in [0, 0.1) is 0 Å². The highest BCUT2D eigenvalue weighted by Crippen LogP contribution is 2.33. The van der Waals surface area contributed by atoms with Gasteiger partial charge in [-0.1, -0.05) is 41.9 Å². The molecule has 0 saturated heterocycles. The molecular weight excluding hydrogens is 260 g/mol. The minimum atomic E-state index is -0.0408. The van der Waals surface area contributed by atoms with Gasteiger partial charge in [-0.3, -0.25) is 4.79 Å². The minimum absolute atomic E-state index is 0.00225. The van der Waals surface area contributed by atoms with Crippen LogP contribution in [0.25, 0.3) is 0 Å². The van der Waals surface area contributed by atoms with Crippen LogP contribution in [-0.4, -0.2) is 5.91 Å². The summed E-state index contributed by atoms with van der Waals surface area (Å²) in [6.45, 7) is 0. The van der Waals surface area contributed by atoms with Gasteiger partial charge >= 0.3 is 0 Å². The summed E-state index contributed by atoms with van der Waals surface area (Å²) in [7, 11) is 0. The summed E-state index contributed by atoms with van der Waals surface area (Å²) in [4.78, 5) is 11.9. The number of amides is 1. The van der Waals surface area contributed by atoms with Gasteiger partial charge in [0, 0.05) is 5.02 Å². The van der Waals surface area contributed by atoms with Gasteiger partial charge < -0.3 is 10.6 Å². The van der Waals surface area contributed by atoms with E-state index in [-0.39, 0.29) is 11.9 Å². The van der Waals surface area contributed by atoms with Crippen LogP contribution in [-0.2, 0) is 4.79 Å². The van der Waals surface area contributed by atoms with Crippen molar-refractivity contribution in [3.8, 4) is 0 Å². The largest absolute Gasteiger partial charge is 0.376 e. The summed E-state index contributed by atoms with van der Waals surface area (Å²) < 4.78 is 0. The van der Waals surface area contributed by atoms with Gasteiger partial charge in [0.2, 0.25) is 5.91 Å². The van der Waals surface area contributed by atoms with Crippen LogP contribution in [0.15, 0.2) is 48.5 Å². The zero-order valence-electron chi connectivity index (χ0n) is 10.2. The van der Waals surface area contributed by atoms with Crippen LogP contribution in [0.3, 0.4) is 0 Å². The molecule has 3 nitrogen and oxygen atoms in total. The average molecular weight is 273 g/mol. The van der Waals surface area contributed by atoms with Crippen molar-refractivity contribution in [3.05, 3.63) is 59.1 Å². The molecule has 0 fully saturated rings. The lowest BCUT2D eigenvalue weighted by Gasteiger charge is -2.17. The molecule has 0 radical (unpaired) electrons. The predicted octanol–water partition coefficient (Wildman–Crippen LogP) is 3.84. The van der Waals surface area contributed by atoms with Crippen LogP contribution in [0.1, 0.15) is 18.0 Å². The molecule has 2 N–H and O–H groups in total. The fourth-order valence-corrected chi connectivity index (χ4v) is 2.43. The Morgan fingerprint density at radius 1 is 1.05 bits per heavy atom. The number of rotatable bonds is 1. The minimum Gasteiger partial charge on any atom is -0.376 e. The molecule has 0 saturated carbocycles. The Kier molecular flexibility index (Phi) is 3.13. The highest BCUT2D eigenvalue weighted by Gasteiger charge is 2.21. The molecule has 0 spiro atoms. The number of anilines is 2. The van der Waals surface area contributed by atoms with Crippen molar-refractivity contribution in [1.82, 2.24) is 0 Å². The molecule has 1 atom stereocenters. The number of halogens is 1. The molecule has 1 aliphatic rings. The van der Waals surface area contributed by atoms with E-state index in [4.69, 9.17) is 11.6 Å². The molecule has 2 aromatic carbocycles. The number of benzene rings is 2. The van der Waals surface area contributed by atoms with Gasteiger partial charge in [0.1, 0.15) is 0 Å². The predicted molar refractivity (Wildman–Crippen MR) is 77.5 cm³/mol. The van der Waals surface area contributed by atoms with Gasteiger partial charge in [-0.25, -0.2) is 0 Å². The zero-order valence-corrected chi connectivity index (χ0v) is 10.9. The van der Waals surface area contributed by atoms with E-state index in [0.717, 1.165) is 16.9 Å². The van der Waals surface area contributed by atoms with Crippen molar-refractivity contribution in [3.63, 3.8) is 0 Å². The molecule has 1 amide bonds. The van der Waals surface area contributed by atoms with E-state index in [1.165, 1.54) is 0 Å². The molecule has 1 heterocycles. The Hall–Kier alpha value is -2.00. The maximum atomic E-state index is 11.9. The van der Waals surface area contributed by atoms with E-state index in [0.29, 0.717) is 11.4 Å². The molecule has 0 aromatic heterocycles. The van der Waals surface area contributed by atoms with Crippen molar-refractivity contribution >= 4 is 28.9 Å². The van der Waals surface area contributed by atoms with E-state index in [2.05, 4.69) is 10.6 Å². The Bertz CT molecular complexity index is 613. The van der Waals surface area contributed by atoms with E-state index >= 15 is 0 Å². The Morgan fingerprint density at radius 2 is 1.84 bits per heavy atom. The van der Waals surface area contributed by atoms with E-state index in [1.54, 1.807) is 6.07 Å². The number of carbonyl (C=O) groups is 1. The first-order chi connectivity index (χ1) is 9.22. The van der Waals surface area contributed by atoms with Crippen LogP contribution in [0.2, 0.25) is 5.02 Å². The third-order valence-corrected chi connectivity index (χ3v) is 3.41. The van der Waals surface area contributed by atoms with Gasteiger partial charge in [-0.2, -0.15) is 0 Å². The summed E-state index contributed by atoms with van der Waals surface area (Å²) in [6.07, 6.45) is 0.399. The highest BCUT2D eigenvalue weighted by atomic mass is 35.5. The zero-order chi connectivity index (χ0) is 13.2. The molecular formula is C15H13ClN2O. The summed E-state index contributed by atoms with van der Waals surface area (Å²) in [6, 6.07) is 15.3. The standard InChI is InChI=1S/C15H13ClN2O/c16-11-6-7-12-14(8-11)17-13(9-15(19)18-12)10-4-2-1-3-5-10/h1-8,13,17H,9H2,(H,18,19)/t13-/m1/s1. The Morgan fingerprint density at radius 3 is 2.63 bits per heavy atom. The smallest absolute Gasteiger partial charge is 0.226 e. The number of nitrogens with one attached hydrogen (secondary N) is 2. The van der Waals surface area contributed by atoms with Crippen molar-refractivity contribution in [1.29, 1.82) is 0 Å². The molecule has 0 aliphatic carbocycles. The molecule has 4 heteroatoms. The number of carbonyl (C=O) groups excluding carboxylic acids is 1. The third-order valence-electron chi connectivity index (χ3n) is 3.18. The first kappa shape index (κ1) is 12.1. The summed E-state index contributed by atoms with van der Waals surface area (Å²) >= 11 is 6.01. The molecule has 96 valence electrons.